The van der Waals surface area contributed by atoms with Crippen molar-refractivity contribution in [1.82, 2.24) is 19.0 Å². The number of aromatic amines is 1. The molecule has 0 spiro atoms. The molecule has 0 unspecified atom stereocenters. The average molecular weight is 308 g/mol. The first-order valence-corrected chi connectivity index (χ1v) is 8.67. The molecule has 0 amide bonds. The smallest absolute Gasteiger partial charge is 0.279 e. The number of benzene rings is 1. The quantitative estimate of drug-likeness (QED) is 0.901. The Bertz CT molecular complexity index is 684. The number of para-hydroxylation sites is 2. The monoisotopic (exact) mass is 308 g/mol. The number of piperidine rings is 1. The summed E-state index contributed by atoms with van der Waals surface area (Å²) in [4.78, 5) is 7.49. The Hall–Kier alpha value is -1.44. The first-order chi connectivity index (χ1) is 10.0. The van der Waals surface area contributed by atoms with E-state index in [9.17, 15) is 8.42 Å². The zero-order valence-electron chi connectivity index (χ0n) is 12.0. The highest BCUT2D eigenvalue weighted by Crippen LogP contribution is 2.18. The molecule has 7 heteroatoms. The molecule has 1 aliphatic heterocycles. The fraction of sp³-hybridized carbons (Fsp3) is 0.500. The molecule has 1 aromatic carbocycles. The fourth-order valence-corrected chi connectivity index (χ4v) is 3.76. The zero-order chi connectivity index (χ0) is 14.9. The molecule has 1 aliphatic rings. The molecule has 0 aliphatic carbocycles. The Morgan fingerprint density at radius 2 is 2.05 bits per heavy atom. The van der Waals surface area contributed by atoms with Gasteiger partial charge in [-0.3, -0.25) is 0 Å². The maximum Gasteiger partial charge on any atom is 0.279 e. The summed E-state index contributed by atoms with van der Waals surface area (Å²) in [6, 6.07) is 7.65. The highest BCUT2D eigenvalue weighted by atomic mass is 32.2. The van der Waals surface area contributed by atoms with E-state index in [1.165, 1.54) is 4.31 Å². The van der Waals surface area contributed by atoms with Crippen molar-refractivity contribution in [2.75, 3.05) is 13.1 Å². The molecule has 2 heterocycles. The molecule has 21 heavy (non-hydrogen) atoms. The molecule has 6 nitrogen and oxygen atoms in total. The summed E-state index contributed by atoms with van der Waals surface area (Å²) in [5.74, 6) is 1.23. The number of aromatic nitrogens is 2. The highest BCUT2D eigenvalue weighted by Gasteiger charge is 2.26. The van der Waals surface area contributed by atoms with Gasteiger partial charge in [0.2, 0.25) is 0 Å². The summed E-state index contributed by atoms with van der Waals surface area (Å²) in [6.45, 7) is 3.53. The maximum atomic E-state index is 12.3. The van der Waals surface area contributed by atoms with E-state index in [4.69, 9.17) is 0 Å². The number of hydrogen-bond acceptors (Lipinski definition) is 3. The molecule has 114 valence electrons. The predicted octanol–water partition coefficient (Wildman–Crippen LogP) is 1.63. The van der Waals surface area contributed by atoms with Crippen LogP contribution in [0.15, 0.2) is 24.3 Å². The van der Waals surface area contributed by atoms with Crippen LogP contribution in [-0.2, 0) is 16.8 Å². The summed E-state index contributed by atoms with van der Waals surface area (Å²) in [6.07, 6.45) is 1.84. The van der Waals surface area contributed by atoms with Crippen LogP contribution in [0, 0.1) is 5.92 Å². The molecule has 0 bridgehead atoms. The van der Waals surface area contributed by atoms with E-state index >= 15 is 0 Å². The normalized spacial score (nSPS) is 18.3. The van der Waals surface area contributed by atoms with Gasteiger partial charge in [-0.1, -0.05) is 19.1 Å². The van der Waals surface area contributed by atoms with Gasteiger partial charge in [-0.15, -0.1) is 0 Å². The van der Waals surface area contributed by atoms with Gasteiger partial charge in [0.05, 0.1) is 17.6 Å². The second kappa shape index (κ2) is 5.75. The number of nitrogens with zero attached hydrogens (tertiary/aromatic N) is 2. The lowest BCUT2D eigenvalue weighted by molar-refractivity contribution is 0.285. The Labute approximate surface area is 124 Å². The zero-order valence-corrected chi connectivity index (χ0v) is 12.9. The van der Waals surface area contributed by atoms with Crippen molar-refractivity contribution >= 4 is 21.2 Å². The molecule has 2 aromatic rings. The average Bonchev–Trinajstić information content (AvgIpc) is 2.89. The van der Waals surface area contributed by atoms with Crippen LogP contribution in [0.3, 0.4) is 0 Å². The van der Waals surface area contributed by atoms with E-state index in [1.807, 2.05) is 24.3 Å². The topological polar surface area (TPSA) is 78.1 Å². The molecular formula is C14H20N4O2S. The van der Waals surface area contributed by atoms with E-state index in [1.54, 1.807) is 0 Å². The van der Waals surface area contributed by atoms with Crippen LogP contribution < -0.4 is 4.72 Å². The van der Waals surface area contributed by atoms with Gasteiger partial charge in [0.25, 0.3) is 10.2 Å². The molecular weight excluding hydrogens is 288 g/mol. The van der Waals surface area contributed by atoms with Crippen LogP contribution in [0.1, 0.15) is 25.6 Å². The number of imidazole rings is 1. The van der Waals surface area contributed by atoms with E-state index < -0.39 is 10.2 Å². The van der Waals surface area contributed by atoms with Crippen LogP contribution in [0.5, 0.6) is 0 Å². The predicted molar refractivity (Wildman–Crippen MR) is 81.8 cm³/mol. The Morgan fingerprint density at radius 3 is 2.76 bits per heavy atom. The van der Waals surface area contributed by atoms with Gasteiger partial charge < -0.3 is 4.98 Å². The fourth-order valence-electron chi connectivity index (χ4n) is 2.57. The van der Waals surface area contributed by atoms with Crippen LogP contribution >= 0.6 is 0 Å². The molecule has 3 rings (SSSR count). The molecule has 1 fully saturated rings. The highest BCUT2D eigenvalue weighted by molar-refractivity contribution is 7.87. The number of fused-ring (bicyclic) bond motifs is 1. The van der Waals surface area contributed by atoms with Gasteiger partial charge in [-0.05, 0) is 30.9 Å². The van der Waals surface area contributed by atoms with Gasteiger partial charge >= 0.3 is 0 Å². The minimum atomic E-state index is -3.42. The molecule has 0 atom stereocenters. The summed E-state index contributed by atoms with van der Waals surface area (Å²) < 4.78 is 28.7. The minimum Gasteiger partial charge on any atom is -0.341 e. The SMILES string of the molecule is CC1CCN(S(=O)(=O)NCc2nc3ccccc3[nH]2)CC1. The number of nitrogens with one attached hydrogen (secondary N) is 2. The Balaban J connectivity index is 1.66. The Kier molecular flexibility index (Phi) is 3.97. The summed E-state index contributed by atoms with van der Waals surface area (Å²) in [5, 5.41) is 0. The van der Waals surface area contributed by atoms with Crippen LogP contribution in [0.25, 0.3) is 11.0 Å². The van der Waals surface area contributed by atoms with Gasteiger partial charge in [-0.25, -0.2) is 4.98 Å². The first-order valence-electron chi connectivity index (χ1n) is 7.23. The van der Waals surface area contributed by atoms with E-state index in [0.717, 1.165) is 23.9 Å². The molecule has 0 radical (unpaired) electrons. The number of hydrogen-bond donors (Lipinski definition) is 2. The van der Waals surface area contributed by atoms with E-state index in [2.05, 4.69) is 21.6 Å². The molecule has 0 saturated carbocycles. The van der Waals surface area contributed by atoms with Crippen molar-refractivity contribution < 1.29 is 8.42 Å². The third-order valence-corrected chi connectivity index (χ3v) is 5.50. The Morgan fingerprint density at radius 1 is 1.33 bits per heavy atom. The van der Waals surface area contributed by atoms with E-state index in [-0.39, 0.29) is 6.54 Å². The third-order valence-electron chi connectivity index (χ3n) is 3.94. The second-order valence-corrected chi connectivity index (χ2v) is 7.36. The van der Waals surface area contributed by atoms with Crippen LogP contribution in [0.2, 0.25) is 0 Å². The summed E-state index contributed by atoms with van der Waals surface area (Å²) >= 11 is 0. The largest absolute Gasteiger partial charge is 0.341 e. The second-order valence-electron chi connectivity index (χ2n) is 5.61. The molecule has 2 N–H and O–H groups in total. The van der Waals surface area contributed by atoms with Gasteiger partial charge in [0, 0.05) is 13.1 Å². The molecule has 1 saturated heterocycles. The minimum absolute atomic E-state index is 0.184. The van der Waals surface area contributed by atoms with Crippen LogP contribution in [0.4, 0.5) is 0 Å². The lowest BCUT2D eigenvalue weighted by atomic mass is 10.0. The lowest BCUT2D eigenvalue weighted by Gasteiger charge is -2.29. The number of H-pyrrole nitrogens is 1. The van der Waals surface area contributed by atoms with Gasteiger partial charge in [-0.2, -0.15) is 17.4 Å². The molecule has 1 aromatic heterocycles. The van der Waals surface area contributed by atoms with E-state index in [0.29, 0.717) is 24.8 Å². The maximum absolute atomic E-state index is 12.3. The summed E-state index contributed by atoms with van der Waals surface area (Å²) in [5.41, 5.74) is 1.76. The number of rotatable bonds is 4. The van der Waals surface area contributed by atoms with Crippen molar-refractivity contribution in [3.05, 3.63) is 30.1 Å². The standard InChI is InChI=1S/C14H20N4O2S/c1-11-6-8-18(9-7-11)21(19,20)15-10-14-16-12-4-2-3-5-13(12)17-14/h2-5,11,15H,6-10H2,1H3,(H,16,17). The van der Waals surface area contributed by atoms with Crippen molar-refractivity contribution in [2.45, 2.75) is 26.3 Å². The van der Waals surface area contributed by atoms with Gasteiger partial charge in [0.15, 0.2) is 0 Å². The van der Waals surface area contributed by atoms with Crippen molar-refractivity contribution in [3.8, 4) is 0 Å². The van der Waals surface area contributed by atoms with Crippen molar-refractivity contribution in [2.24, 2.45) is 5.92 Å². The lowest BCUT2D eigenvalue weighted by Crippen LogP contribution is -2.44. The summed E-state index contributed by atoms with van der Waals surface area (Å²) in [7, 11) is -3.42. The van der Waals surface area contributed by atoms with Crippen molar-refractivity contribution in [1.29, 1.82) is 0 Å². The van der Waals surface area contributed by atoms with Crippen molar-refractivity contribution in [3.63, 3.8) is 0 Å². The first kappa shape index (κ1) is 14.5. The third kappa shape index (κ3) is 3.25. The van der Waals surface area contributed by atoms with Gasteiger partial charge in [0.1, 0.15) is 5.82 Å². The van der Waals surface area contributed by atoms with Crippen LogP contribution in [-0.4, -0.2) is 35.8 Å².